The van der Waals surface area contributed by atoms with Gasteiger partial charge in [0.2, 0.25) is 0 Å². The van der Waals surface area contributed by atoms with E-state index in [4.69, 9.17) is 11.5 Å². The molecule has 2 heteroatoms. The molecule has 0 heterocycles. The lowest BCUT2D eigenvalue weighted by Crippen LogP contribution is -1.97. The van der Waals surface area contributed by atoms with Gasteiger partial charge in [0.25, 0.3) is 0 Å². The van der Waals surface area contributed by atoms with E-state index in [-0.39, 0.29) is 0 Å². The molecule has 0 unspecified atom stereocenters. The van der Waals surface area contributed by atoms with Crippen LogP contribution in [0.15, 0.2) is 12.3 Å². The van der Waals surface area contributed by atoms with Crippen molar-refractivity contribution >= 4 is 0 Å². The zero-order valence-corrected chi connectivity index (χ0v) is 8.67. The summed E-state index contributed by atoms with van der Waals surface area (Å²) in [5, 5.41) is 0. The first-order chi connectivity index (χ1) is 6.41. The van der Waals surface area contributed by atoms with Crippen LogP contribution >= 0.6 is 0 Å². The summed E-state index contributed by atoms with van der Waals surface area (Å²) in [7, 11) is 0. The molecule has 0 saturated carbocycles. The Kier molecular flexibility index (Phi) is 11.1. The van der Waals surface area contributed by atoms with Crippen molar-refractivity contribution in [3.05, 3.63) is 12.3 Å². The van der Waals surface area contributed by atoms with Gasteiger partial charge in [-0.05, 0) is 32.0 Å². The highest BCUT2D eigenvalue weighted by Gasteiger charge is 1.89. The maximum atomic E-state index is 5.40. The zero-order chi connectivity index (χ0) is 9.78. The normalized spacial score (nSPS) is 11.2. The molecule has 0 radical (unpaired) electrons. The van der Waals surface area contributed by atoms with Crippen molar-refractivity contribution in [3.8, 4) is 0 Å². The van der Waals surface area contributed by atoms with Crippen molar-refractivity contribution in [3.63, 3.8) is 0 Å². The van der Waals surface area contributed by atoms with Gasteiger partial charge in [-0.1, -0.05) is 38.2 Å². The molecule has 13 heavy (non-hydrogen) atoms. The van der Waals surface area contributed by atoms with Crippen LogP contribution in [-0.4, -0.2) is 6.54 Å². The second-order valence-corrected chi connectivity index (χ2v) is 3.48. The van der Waals surface area contributed by atoms with Crippen LogP contribution in [0.4, 0.5) is 0 Å². The van der Waals surface area contributed by atoms with E-state index in [1.165, 1.54) is 44.9 Å². The Hall–Kier alpha value is -0.500. The smallest absolute Gasteiger partial charge is 0.00773 e. The Morgan fingerprint density at radius 3 is 1.85 bits per heavy atom. The molecule has 0 aromatic heterocycles. The number of allylic oxidation sites excluding steroid dienone is 1. The molecule has 0 bridgehead atoms. The van der Waals surface area contributed by atoms with Gasteiger partial charge >= 0.3 is 0 Å². The molecule has 2 nitrogen and oxygen atoms in total. The Morgan fingerprint density at radius 2 is 1.31 bits per heavy atom. The first kappa shape index (κ1) is 12.5. The van der Waals surface area contributed by atoms with Gasteiger partial charge in [-0.2, -0.15) is 0 Å². The fraction of sp³-hybridized carbons (Fsp3) is 0.818. The average molecular weight is 184 g/mol. The summed E-state index contributed by atoms with van der Waals surface area (Å²) >= 11 is 0. The van der Waals surface area contributed by atoms with Crippen LogP contribution in [-0.2, 0) is 0 Å². The highest BCUT2D eigenvalue weighted by molar-refractivity contribution is 4.74. The van der Waals surface area contributed by atoms with Crippen LogP contribution in [0, 0.1) is 0 Å². The van der Waals surface area contributed by atoms with Crippen LogP contribution in [0.25, 0.3) is 0 Å². The van der Waals surface area contributed by atoms with Gasteiger partial charge in [-0.15, -0.1) is 0 Å². The number of rotatable bonds is 9. The first-order valence-corrected chi connectivity index (χ1v) is 5.48. The minimum absolute atomic E-state index is 0.849. The molecule has 0 saturated heterocycles. The first-order valence-electron chi connectivity index (χ1n) is 5.48. The molecule has 78 valence electrons. The Balaban J connectivity index is 2.83. The third-order valence-corrected chi connectivity index (χ3v) is 2.21. The minimum Gasteiger partial charge on any atom is -0.405 e. The van der Waals surface area contributed by atoms with Crippen LogP contribution in [0.5, 0.6) is 0 Å². The predicted molar refractivity (Wildman–Crippen MR) is 59.3 cm³/mol. The highest BCUT2D eigenvalue weighted by Crippen LogP contribution is 2.08. The quantitative estimate of drug-likeness (QED) is 0.541. The van der Waals surface area contributed by atoms with E-state index in [0.29, 0.717) is 0 Å². The summed E-state index contributed by atoms with van der Waals surface area (Å²) < 4.78 is 0. The van der Waals surface area contributed by atoms with E-state index in [0.717, 1.165) is 13.0 Å². The Morgan fingerprint density at radius 1 is 0.769 bits per heavy atom. The Bertz CT molecular complexity index is 111. The fourth-order valence-corrected chi connectivity index (χ4v) is 1.39. The maximum Gasteiger partial charge on any atom is -0.00773 e. The third-order valence-electron chi connectivity index (χ3n) is 2.21. The predicted octanol–water partition coefficient (Wildman–Crippen LogP) is 2.54. The zero-order valence-electron chi connectivity index (χ0n) is 8.67. The molecule has 0 atom stereocenters. The molecule has 0 aromatic carbocycles. The number of nitrogens with two attached hydrogens (primary N) is 2. The van der Waals surface area contributed by atoms with Crippen molar-refractivity contribution in [2.75, 3.05) is 6.54 Å². The second kappa shape index (κ2) is 11.5. The molecule has 0 aliphatic carbocycles. The summed E-state index contributed by atoms with van der Waals surface area (Å²) in [4.78, 5) is 0. The standard InChI is InChI=1S/C11H24N2/c12-10-8-6-4-2-1-3-5-7-9-11-13/h8,10H,1-7,9,11-13H2. The lowest BCUT2D eigenvalue weighted by molar-refractivity contribution is 0.584. The lowest BCUT2D eigenvalue weighted by Gasteiger charge is -1.99. The molecule has 4 N–H and O–H groups in total. The van der Waals surface area contributed by atoms with E-state index in [1.54, 1.807) is 6.20 Å². The van der Waals surface area contributed by atoms with Gasteiger partial charge in [-0.3, -0.25) is 0 Å². The fourth-order valence-electron chi connectivity index (χ4n) is 1.39. The monoisotopic (exact) mass is 184 g/mol. The highest BCUT2D eigenvalue weighted by atomic mass is 14.5. The van der Waals surface area contributed by atoms with Crippen molar-refractivity contribution in [2.24, 2.45) is 11.5 Å². The summed E-state index contributed by atoms with van der Waals surface area (Å²) in [5.74, 6) is 0. The molecule has 0 amide bonds. The average Bonchev–Trinajstić information content (AvgIpc) is 2.16. The van der Waals surface area contributed by atoms with Crippen molar-refractivity contribution < 1.29 is 0 Å². The molecular weight excluding hydrogens is 160 g/mol. The van der Waals surface area contributed by atoms with E-state index >= 15 is 0 Å². The number of unbranched alkanes of at least 4 members (excludes halogenated alkanes) is 7. The van der Waals surface area contributed by atoms with Crippen LogP contribution in [0.2, 0.25) is 0 Å². The minimum atomic E-state index is 0.849. The van der Waals surface area contributed by atoms with Gasteiger partial charge in [0.1, 0.15) is 0 Å². The lowest BCUT2D eigenvalue weighted by atomic mass is 10.1. The Labute approximate surface area is 82.4 Å². The van der Waals surface area contributed by atoms with Crippen molar-refractivity contribution in [2.45, 2.75) is 51.4 Å². The van der Waals surface area contributed by atoms with Crippen molar-refractivity contribution in [1.82, 2.24) is 0 Å². The molecule has 0 fully saturated rings. The topological polar surface area (TPSA) is 52.0 Å². The van der Waals surface area contributed by atoms with Gasteiger partial charge in [0.15, 0.2) is 0 Å². The largest absolute Gasteiger partial charge is 0.405 e. The molecule has 0 rings (SSSR count). The second-order valence-electron chi connectivity index (χ2n) is 3.48. The van der Waals surface area contributed by atoms with Crippen molar-refractivity contribution in [1.29, 1.82) is 0 Å². The van der Waals surface area contributed by atoms with E-state index in [9.17, 15) is 0 Å². The number of hydrogen-bond acceptors (Lipinski definition) is 2. The molecule has 0 aliphatic rings. The summed E-state index contributed by atoms with van der Waals surface area (Å²) in [5.41, 5.74) is 10.6. The summed E-state index contributed by atoms with van der Waals surface area (Å²) in [6, 6.07) is 0. The van der Waals surface area contributed by atoms with Crippen LogP contribution in [0.3, 0.4) is 0 Å². The van der Waals surface area contributed by atoms with Gasteiger partial charge in [-0.25, -0.2) is 0 Å². The summed E-state index contributed by atoms with van der Waals surface area (Å²) in [6.45, 7) is 0.849. The third kappa shape index (κ3) is 11.5. The molecule has 0 aromatic rings. The maximum absolute atomic E-state index is 5.40. The van der Waals surface area contributed by atoms with Gasteiger partial charge < -0.3 is 11.5 Å². The molecule has 0 aliphatic heterocycles. The molecule has 0 spiro atoms. The van der Waals surface area contributed by atoms with Crippen LogP contribution < -0.4 is 11.5 Å². The molecular formula is C11H24N2. The SMILES string of the molecule is NC=CCCCCCCCCCN. The van der Waals surface area contributed by atoms with Gasteiger partial charge in [0.05, 0.1) is 0 Å². The van der Waals surface area contributed by atoms with Crippen LogP contribution in [0.1, 0.15) is 51.4 Å². The van der Waals surface area contributed by atoms with Gasteiger partial charge in [0, 0.05) is 0 Å². The van der Waals surface area contributed by atoms with E-state index in [2.05, 4.69) is 0 Å². The summed E-state index contributed by atoms with van der Waals surface area (Å²) in [6.07, 6.45) is 14.0. The van der Waals surface area contributed by atoms with E-state index in [1.807, 2.05) is 6.08 Å². The van der Waals surface area contributed by atoms with E-state index < -0.39 is 0 Å². The number of hydrogen-bond donors (Lipinski definition) is 2.